The number of H-pyrrole nitrogens is 1. The highest BCUT2D eigenvalue weighted by atomic mass is 32.2. The van der Waals surface area contributed by atoms with Gasteiger partial charge in [-0.25, -0.2) is 9.78 Å². The van der Waals surface area contributed by atoms with Crippen LogP contribution in [0.25, 0.3) is 11.1 Å². The van der Waals surface area contributed by atoms with E-state index in [0.29, 0.717) is 12.3 Å². The van der Waals surface area contributed by atoms with E-state index >= 15 is 0 Å². The molecule has 10 heteroatoms. The van der Waals surface area contributed by atoms with Crippen LogP contribution in [0.15, 0.2) is 84.3 Å². The number of carbonyl (C=O) groups is 1. The van der Waals surface area contributed by atoms with Crippen LogP contribution in [-0.4, -0.2) is 43.7 Å². The number of amides is 2. The molecule has 3 aromatic carbocycles. The molecule has 49 heavy (non-hydrogen) atoms. The van der Waals surface area contributed by atoms with Crippen LogP contribution in [0.1, 0.15) is 80.1 Å². The maximum atomic E-state index is 13.1. The molecule has 0 spiro atoms. The average Bonchev–Trinajstić information content (AvgIpc) is 3.64. The molecular formula is C39H45N5O4S. The minimum absolute atomic E-state index is 0.00626. The number of aliphatic hydroxyl groups excluding tert-OH is 1. The Morgan fingerprint density at radius 1 is 0.918 bits per heavy atom. The molecule has 5 aliphatic rings. The molecule has 9 nitrogen and oxygen atoms in total. The average molecular weight is 680 g/mol. The fraction of sp³-hybridized carbons (Fsp3) is 0.462. The molecule has 2 heterocycles. The molecule has 0 unspecified atom stereocenters. The van der Waals surface area contributed by atoms with Gasteiger partial charge in [0, 0.05) is 29.3 Å². The van der Waals surface area contributed by atoms with E-state index < -0.39 is 6.29 Å². The number of carbonyl (C=O) groups excluding carboxylic acids is 1. The molecule has 2 amide bonds. The molecule has 5 fully saturated rings. The molecule has 4 aromatic rings. The summed E-state index contributed by atoms with van der Waals surface area (Å²) in [6.07, 6.45) is 8.22. The number of aromatic nitrogens is 3. The minimum Gasteiger partial charge on any atom is -0.392 e. The lowest BCUT2D eigenvalue weighted by molar-refractivity contribution is -0.268. The summed E-state index contributed by atoms with van der Waals surface area (Å²) >= 11 is 1.59. The molecule has 4 N–H and O–H groups in total. The summed E-state index contributed by atoms with van der Waals surface area (Å²) in [6.45, 7) is 2.65. The van der Waals surface area contributed by atoms with Gasteiger partial charge in [0.15, 0.2) is 11.4 Å². The van der Waals surface area contributed by atoms with Gasteiger partial charge in [0.1, 0.15) is 6.33 Å². The Morgan fingerprint density at radius 2 is 1.63 bits per heavy atom. The second kappa shape index (κ2) is 13.9. The highest BCUT2D eigenvalue weighted by Gasteiger charge is 2.51. The standard InChI is InChI=1S/C39H45N5O4S/c1-24-34(22-49-38-41-23-42-44-38)47-36(48-35(24)31-7-5-25(21-45)6-8-31)32-11-9-30(10-12-32)33-4-2-3-26(16-33)20-40-37(46)43-39-17-27-13-28(18-39)15-29(14-27)19-39/h2-12,16,23-24,27-29,34-36,45H,13-15,17-22H2,1H3,(H2,40,43,46)(H,41,42,44)/t24-,27?,28?,29?,34+,35+,36+,39?/m1/s1. The van der Waals surface area contributed by atoms with E-state index in [1.165, 1.54) is 25.6 Å². The predicted molar refractivity (Wildman–Crippen MR) is 188 cm³/mol. The van der Waals surface area contributed by atoms with Gasteiger partial charge in [-0.2, -0.15) is 5.10 Å². The fourth-order valence-electron chi connectivity index (χ4n) is 9.16. The summed E-state index contributed by atoms with van der Waals surface area (Å²) in [7, 11) is 0. The van der Waals surface area contributed by atoms with Gasteiger partial charge in [0.05, 0.1) is 18.8 Å². The van der Waals surface area contributed by atoms with E-state index in [1.807, 2.05) is 24.3 Å². The monoisotopic (exact) mass is 679 g/mol. The van der Waals surface area contributed by atoms with Crippen LogP contribution in [0.4, 0.5) is 4.79 Å². The normalized spacial score (nSPS) is 30.3. The number of urea groups is 1. The van der Waals surface area contributed by atoms with Crippen molar-refractivity contribution in [1.29, 1.82) is 0 Å². The summed E-state index contributed by atoms with van der Waals surface area (Å²) in [6, 6.07) is 24.7. The van der Waals surface area contributed by atoms with Gasteiger partial charge in [0.2, 0.25) is 0 Å². The molecular weight excluding hydrogens is 635 g/mol. The first-order valence-corrected chi connectivity index (χ1v) is 18.6. The molecule has 1 aromatic heterocycles. The van der Waals surface area contributed by atoms with Crippen molar-refractivity contribution >= 4 is 17.8 Å². The van der Waals surface area contributed by atoms with E-state index in [1.54, 1.807) is 11.8 Å². The van der Waals surface area contributed by atoms with Crippen molar-refractivity contribution in [2.45, 2.75) is 87.8 Å². The summed E-state index contributed by atoms with van der Waals surface area (Å²) in [5.74, 6) is 3.17. The number of hydrogen-bond donors (Lipinski definition) is 4. The predicted octanol–water partition coefficient (Wildman–Crippen LogP) is 7.32. The fourth-order valence-corrected chi connectivity index (χ4v) is 10.1. The van der Waals surface area contributed by atoms with Crippen LogP contribution in [0.2, 0.25) is 0 Å². The Hall–Kier alpha value is -3.70. The number of ether oxygens (including phenoxy) is 2. The zero-order valence-electron chi connectivity index (χ0n) is 27.9. The Morgan fingerprint density at radius 3 is 2.31 bits per heavy atom. The lowest BCUT2D eigenvalue weighted by atomic mass is 9.53. The quantitative estimate of drug-likeness (QED) is 0.130. The zero-order valence-corrected chi connectivity index (χ0v) is 28.7. The third-order valence-corrected chi connectivity index (χ3v) is 12.2. The number of benzene rings is 3. The number of nitrogens with zero attached hydrogens (tertiary/aromatic N) is 2. The van der Waals surface area contributed by atoms with Gasteiger partial charge in [-0.1, -0.05) is 85.4 Å². The maximum absolute atomic E-state index is 13.1. The van der Waals surface area contributed by atoms with Crippen LogP contribution in [0, 0.1) is 23.7 Å². The molecule has 1 saturated heterocycles. The molecule has 4 saturated carbocycles. The molecule has 4 atom stereocenters. The molecule has 256 valence electrons. The minimum atomic E-state index is -0.545. The van der Waals surface area contributed by atoms with Crippen molar-refractivity contribution in [3.05, 3.63) is 101 Å². The van der Waals surface area contributed by atoms with E-state index in [4.69, 9.17) is 9.47 Å². The Bertz CT molecular complexity index is 1700. The summed E-state index contributed by atoms with van der Waals surface area (Å²) < 4.78 is 13.2. The van der Waals surface area contributed by atoms with Crippen LogP contribution >= 0.6 is 11.8 Å². The van der Waals surface area contributed by atoms with Gasteiger partial charge in [0.25, 0.3) is 0 Å². The van der Waals surface area contributed by atoms with Crippen LogP contribution in [-0.2, 0) is 22.6 Å². The van der Waals surface area contributed by atoms with Gasteiger partial charge in [-0.3, -0.25) is 5.10 Å². The van der Waals surface area contributed by atoms with E-state index in [9.17, 15) is 9.90 Å². The SMILES string of the molecule is C[C@@H]1[C@H](CSc2ncn[nH]2)O[C@H](c2ccc(-c3cccc(CNC(=O)NC45CC6CC(CC(C6)C4)C5)c3)cc2)O[C@@H]1c1ccc(CO)cc1. The van der Waals surface area contributed by atoms with Gasteiger partial charge in [-0.05, 0) is 90.2 Å². The van der Waals surface area contributed by atoms with E-state index in [0.717, 1.165) is 75.6 Å². The van der Waals surface area contributed by atoms with Crippen molar-refractivity contribution < 1.29 is 19.4 Å². The Kier molecular flexibility index (Phi) is 9.22. The second-order valence-corrected chi connectivity index (χ2v) is 15.8. The van der Waals surface area contributed by atoms with Crippen LogP contribution in [0.5, 0.6) is 0 Å². The first-order chi connectivity index (χ1) is 23.9. The summed E-state index contributed by atoms with van der Waals surface area (Å²) in [5, 5.41) is 23.8. The molecule has 0 radical (unpaired) electrons. The van der Waals surface area contributed by atoms with Crippen LogP contribution in [0.3, 0.4) is 0 Å². The smallest absolute Gasteiger partial charge is 0.315 e. The van der Waals surface area contributed by atoms with Crippen LogP contribution < -0.4 is 10.6 Å². The number of rotatable bonds is 10. The van der Waals surface area contributed by atoms with Gasteiger partial charge < -0.3 is 25.2 Å². The second-order valence-electron chi connectivity index (χ2n) is 14.8. The highest BCUT2D eigenvalue weighted by molar-refractivity contribution is 7.99. The van der Waals surface area contributed by atoms with Crippen molar-refractivity contribution in [2.24, 2.45) is 23.7 Å². The third kappa shape index (κ3) is 7.15. The lowest BCUT2D eigenvalue weighted by Crippen LogP contribution is -2.61. The number of aromatic amines is 1. The number of hydrogen-bond acceptors (Lipinski definition) is 7. The largest absolute Gasteiger partial charge is 0.392 e. The van der Waals surface area contributed by atoms with Gasteiger partial charge in [-0.15, -0.1) is 0 Å². The third-order valence-electron chi connectivity index (χ3n) is 11.2. The number of nitrogens with one attached hydrogen (secondary N) is 3. The summed E-state index contributed by atoms with van der Waals surface area (Å²) in [4.78, 5) is 17.3. The number of thioether (sulfide) groups is 1. The van der Waals surface area contributed by atoms with Crippen molar-refractivity contribution in [2.75, 3.05) is 5.75 Å². The first-order valence-electron chi connectivity index (χ1n) is 17.7. The maximum Gasteiger partial charge on any atom is 0.315 e. The van der Waals surface area contributed by atoms with Gasteiger partial charge >= 0.3 is 6.03 Å². The Balaban J connectivity index is 0.931. The van der Waals surface area contributed by atoms with E-state index in [-0.39, 0.29) is 36.3 Å². The van der Waals surface area contributed by atoms with Crippen molar-refractivity contribution in [3.63, 3.8) is 0 Å². The molecule has 4 aliphatic carbocycles. The molecule has 4 bridgehead atoms. The van der Waals surface area contributed by atoms with Crippen molar-refractivity contribution in [3.8, 4) is 11.1 Å². The topological polar surface area (TPSA) is 121 Å². The molecule has 9 rings (SSSR count). The first kappa shape index (κ1) is 32.5. The zero-order chi connectivity index (χ0) is 33.4. The highest BCUT2D eigenvalue weighted by Crippen LogP contribution is 2.55. The Labute approximate surface area is 292 Å². The van der Waals surface area contributed by atoms with Crippen molar-refractivity contribution in [1.82, 2.24) is 25.8 Å². The number of aliphatic hydroxyl groups is 1. The molecule has 1 aliphatic heterocycles. The summed E-state index contributed by atoms with van der Waals surface area (Å²) in [5.41, 5.74) is 6.12. The lowest BCUT2D eigenvalue weighted by Gasteiger charge is -2.56. The van der Waals surface area contributed by atoms with E-state index in [2.05, 4.69) is 81.3 Å².